The first-order valence-electron chi connectivity index (χ1n) is 11.3. The number of nitrogens with zero attached hydrogens (tertiary/aromatic N) is 3. The van der Waals surface area contributed by atoms with Crippen molar-refractivity contribution in [2.75, 3.05) is 31.2 Å². The zero-order valence-electron chi connectivity index (χ0n) is 18.8. The summed E-state index contributed by atoms with van der Waals surface area (Å²) in [7, 11) is 0. The van der Waals surface area contributed by atoms with Gasteiger partial charge >= 0.3 is 0 Å². The molecule has 3 N–H and O–H groups in total. The number of anilines is 1. The van der Waals surface area contributed by atoms with Gasteiger partial charge in [0.2, 0.25) is 0 Å². The van der Waals surface area contributed by atoms with E-state index in [9.17, 15) is 10.2 Å². The van der Waals surface area contributed by atoms with E-state index >= 15 is 0 Å². The van der Waals surface area contributed by atoms with Gasteiger partial charge in [0.15, 0.2) is 6.23 Å². The van der Waals surface area contributed by atoms with E-state index in [1.54, 1.807) is 26.2 Å². The van der Waals surface area contributed by atoms with Crippen LogP contribution in [0.1, 0.15) is 39.5 Å². The normalized spacial score (nSPS) is 22.8. The molecule has 0 amide bonds. The van der Waals surface area contributed by atoms with Gasteiger partial charge < -0.3 is 24.6 Å². The Hall–Kier alpha value is -2.44. The summed E-state index contributed by atoms with van der Waals surface area (Å²) in [4.78, 5) is 11.3. The highest BCUT2D eigenvalue weighted by molar-refractivity contribution is 5.85. The Bertz CT molecular complexity index is 967. The molecule has 2 heterocycles. The number of benzene rings is 1. The predicted octanol–water partition coefficient (Wildman–Crippen LogP) is 1.84. The van der Waals surface area contributed by atoms with Crippen LogP contribution in [0.5, 0.6) is 5.75 Å². The number of nitrogens with one attached hydrogen (secondary N) is 1. The standard InChI is InChI=1S/C24H32N4O4/c1-24(2,30)8-7-22(29)27-17-3-5-19(6-4-17)32-21-16-18(28-11-13-31-14-12-28)15-20-23(21)26-10-9-25-20/h9-10,15-17,19,22,27,29-30H,3-6,11-14H2,1-2H3. The van der Waals surface area contributed by atoms with Crippen molar-refractivity contribution in [3.8, 4) is 17.6 Å². The summed E-state index contributed by atoms with van der Waals surface area (Å²) in [6.45, 7) is 6.33. The summed E-state index contributed by atoms with van der Waals surface area (Å²) in [5.41, 5.74) is 1.58. The topological polar surface area (TPSA) is 100.0 Å². The molecule has 4 rings (SSSR count). The number of aromatic nitrogens is 2. The minimum Gasteiger partial charge on any atom is -0.488 e. The Kier molecular flexibility index (Phi) is 7.11. The third-order valence-electron chi connectivity index (χ3n) is 5.78. The van der Waals surface area contributed by atoms with Gasteiger partial charge in [0.05, 0.1) is 24.8 Å². The lowest BCUT2D eigenvalue weighted by Gasteiger charge is -2.31. The molecule has 1 saturated carbocycles. The molecule has 1 aliphatic heterocycles. The maximum absolute atomic E-state index is 10.1. The van der Waals surface area contributed by atoms with Gasteiger partial charge in [0.1, 0.15) is 16.9 Å². The third-order valence-corrected chi connectivity index (χ3v) is 5.78. The molecule has 2 aliphatic rings. The Balaban J connectivity index is 1.40. The minimum atomic E-state index is -1.12. The molecule has 1 aromatic heterocycles. The molecule has 32 heavy (non-hydrogen) atoms. The maximum Gasteiger partial charge on any atom is 0.168 e. The smallest absolute Gasteiger partial charge is 0.168 e. The van der Waals surface area contributed by atoms with E-state index in [0.29, 0.717) is 0 Å². The van der Waals surface area contributed by atoms with Gasteiger partial charge in [-0.25, -0.2) is 4.98 Å². The largest absolute Gasteiger partial charge is 0.488 e. The fraction of sp³-hybridized carbons (Fsp3) is 0.583. The molecule has 1 saturated heterocycles. The van der Waals surface area contributed by atoms with Crippen molar-refractivity contribution < 1.29 is 19.7 Å². The van der Waals surface area contributed by atoms with Crippen LogP contribution < -0.4 is 15.0 Å². The molecule has 1 atom stereocenters. The number of aliphatic hydroxyl groups is 2. The summed E-state index contributed by atoms with van der Waals surface area (Å²) in [5, 5.41) is 22.9. The Morgan fingerprint density at radius 3 is 2.59 bits per heavy atom. The Morgan fingerprint density at radius 1 is 1.16 bits per heavy atom. The monoisotopic (exact) mass is 440 g/mol. The molecule has 0 spiro atoms. The second-order valence-electron chi connectivity index (χ2n) is 8.96. The van der Waals surface area contributed by atoms with E-state index in [-0.39, 0.29) is 12.1 Å². The quantitative estimate of drug-likeness (QED) is 0.478. The Morgan fingerprint density at radius 2 is 1.88 bits per heavy atom. The summed E-state index contributed by atoms with van der Waals surface area (Å²) < 4.78 is 11.9. The molecule has 2 aromatic rings. The number of ether oxygens (including phenoxy) is 2. The predicted molar refractivity (Wildman–Crippen MR) is 122 cm³/mol. The minimum absolute atomic E-state index is 0.0813. The number of aliphatic hydroxyl groups excluding tert-OH is 1. The van der Waals surface area contributed by atoms with E-state index in [1.807, 2.05) is 0 Å². The number of hydrogen-bond acceptors (Lipinski definition) is 8. The first kappa shape index (κ1) is 22.7. The van der Waals surface area contributed by atoms with E-state index in [1.165, 1.54) is 0 Å². The average Bonchev–Trinajstić information content (AvgIpc) is 2.79. The van der Waals surface area contributed by atoms with Crippen LogP contribution in [0.3, 0.4) is 0 Å². The highest BCUT2D eigenvalue weighted by Crippen LogP contribution is 2.33. The fourth-order valence-electron chi connectivity index (χ4n) is 4.16. The van der Waals surface area contributed by atoms with Gasteiger partial charge in [0, 0.05) is 43.3 Å². The molecule has 2 fully saturated rings. The lowest BCUT2D eigenvalue weighted by Crippen LogP contribution is -2.41. The highest BCUT2D eigenvalue weighted by Gasteiger charge is 2.25. The number of rotatable bonds is 5. The van der Waals surface area contributed by atoms with Crippen LogP contribution in [0.25, 0.3) is 11.0 Å². The van der Waals surface area contributed by atoms with Gasteiger partial charge in [0.25, 0.3) is 0 Å². The summed E-state index contributed by atoms with van der Waals surface area (Å²) in [6, 6.07) is 4.30. The third kappa shape index (κ3) is 6.08. The molecule has 0 bridgehead atoms. The number of hydrogen-bond donors (Lipinski definition) is 3. The van der Waals surface area contributed by atoms with Crippen molar-refractivity contribution in [2.24, 2.45) is 0 Å². The van der Waals surface area contributed by atoms with Gasteiger partial charge in [-0.1, -0.05) is 11.8 Å². The molecule has 1 unspecified atom stereocenters. The van der Waals surface area contributed by atoms with Gasteiger partial charge in [-0.15, -0.1) is 0 Å². The number of fused-ring (bicyclic) bond motifs is 1. The maximum atomic E-state index is 10.1. The van der Waals surface area contributed by atoms with Gasteiger partial charge in [-0.2, -0.15) is 0 Å². The van der Waals surface area contributed by atoms with Crippen molar-refractivity contribution in [3.63, 3.8) is 0 Å². The van der Waals surface area contributed by atoms with Crippen molar-refractivity contribution >= 4 is 16.7 Å². The van der Waals surface area contributed by atoms with E-state index in [4.69, 9.17) is 9.47 Å². The first-order chi connectivity index (χ1) is 15.4. The van der Waals surface area contributed by atoms with Crippen LogP contribution in [-0.2, 0) is 4.74 Å². The summed E-state index contributed by atoms with van der Waals surface area (Å²) >= 11 is 0. The van der Waals surface area contributed by atoms with Crippen LogP contribution in [-0.4, -0.2) is 70.5 Å². The lowest BCUT2D eigenvalue weighted by molar-refractivity contribution is 0.113. The van der Waals surface area contributed by atoms with Crippen LogP contribution in [0.15, 0.2) is 24.5 Å². The summed E-state index contributed by atoms with van der Waals surface area (Å²) in [5.74, 6) is 6.08. The second kappa shape index (κ2) is 10.0. The molecule has 8 heteroatoms. The van der Waals surface area contributed by atoms with Crippen molar-refractivity contribution in [3.05, 3.63) is 24.5 Å². The highest BCUT2D eigenvalue weighted by atomic mass is 16.5. The molecular formula is C24H32N4O4. The van der Waals surface area contributed by atoms with Crippen molar-refractivity contribution in [2.45, 2.75) is 63.5 Å². The molecular weight excluding hydrogens is 408 g/mol. The van der Waals surface area contributed by atoms with Crippen LogP contribution in [0.2, 0.25) is 0 Å². The second-order valence-corrected chi connectivity index (χ2v) is 8.96. The van der Waals surface area contributed by atoms with Crippen molar-refractivity contribution in [1.82, 2.24) is 15.3 Å². The lowest BCUT2D eigenvalue weighted by atomic mass is 9.92. The van der Waals surface area contributed by atoms with E-state index in [2.05, 4.69) is 44.2 Å². The van der Waals surface area contributed by atoms with Crippen LogP contribution in [0, 0.1) is 11.8 Å². The molecule has 172 valence electrons. The summed E-state index contributed by atoms with van der Waals surface area (Å²) in [6.07, 6.45) is 6.02. The van der Waals surface area contributed by atoms with Gasteiger partial charge in [-0.05, 0) is 45.6 Å². The average molecular weight is 441 g/mol. The van der Waals surface area contributed by atoms with E-state index < -0.39 is 11.8 Å². The zero-order valence-corrected chi connectivity index (χ0v) is 18.8. The van der Waals surface area contributed by atoms with Crippen LogP contribution in [0.4, 0.5) is 5.69 Å². The first-order valence-corrected chi connectivity index (χ1v) is 11.3. The Labute approximate surface area is 189 Å². The zero-order chi connectivity index (χ0) is 22.6. The SMILES string of the molecule is CC(C)(O)C#CC(O)NC1CCC(Oc2cc(N3CCOCC3)cc3nccnc23)CC1. The van der Waals surface area contributed by atoms with Crippen LogP contribution >= 0.6 is 0 Å². The molecule has 0 radical (unpaired) electrons. The molecule has 8 nitrogen and oxygen atoms in total. The molecule has 1 aromatic carbocycles. The number of morpholine rings is 1. The molecule has 1 aliphatic carbocycles. The fourth-order valence-corrected chi connectivity index (χ4v) is 4.16. The van der Waals surface area contributed by atoms with E-state index in [0.717, 1.165) is 74.5 Å². The van der Waals surface area contributed by atoms with Gasteiger partial charge in [-0.3, -0.25) is 10.3 Å². The van der Waals surface area contributed by atoms with Crippen molar-refractivity contribution in [1.29, 1.82) is 0 Å².